The minimum Gasteiger partial charge on any atom is -0.368 e. The Morgan fingerprint density at radius 1 is 1.38 bits per heavy atom. The van der Waals surface area contributed by atoms with Crippen LogP contribution in [0.1, 0.15) is 13.3 Å². The van der Waals surface area contributed by atoms with Gasteiger partial charge in [-0.25, -0.2) is 0 Å². The van der Waals surface area contributed by atoms with Gasteiger partial charge in [0.05, 0.1) is 6.20 Å². The first-order valence-corrected chi connectivity index (χ1v) is 5.47. The quantitative estimate of drug-likeness (QED) is 0.817. The fourth-order valence-electron chi connectivity index (χ4n) is 1.58. The highest BCUT2D eigenvalue weighted by Gasteiger charge is 2.02. The van der Waals surface area contributed by atoms with Crippen molar-refractivity contribution in [2.24, 2.45) is 5.73 Å². The van der Waals surface area contributed by atoms with Crippen LogP contribution in [0.4, 0.5) is 5.82 Å². The zero-order chi connectivity index (χ0) is 11.4. The largest absolute Gasteiger partial charge is 0.368 e. The van der Waals surface area contributed by atoms with E-state index in [1.807, 2.05) is 31.2 Å². The highest BCUT2D eigenvalue weighted by Crippen LogP contribution is 2.18. The first kappa shape index (κ1) is 10.8. The van der Waals surface area contributed by atoms with Gasteiger partial charge in [-0.2, -0.15) is 5.10 Å². The number of nitrogens with one attached hydrogen (secondary N) is 1. The fraction of sp³-hybridized carbons (Fsp3) is 0.333. The molecule has 3 N–H and O–H groups in total. The second-order valence-electron chi connectivity index (χ2n) is 3.97. The third-order valence-electron chi connectivity index (χ3n) is 2.46. The molecule has 0 saturated carbocycles. The van der Waals surface area contributed by atoms with Crippen molar-refractivity contribution >= 4 is 16.6 Å². The third kappa shape index (κ3) is 2.46. The summed E-state index contributed by atoms with van der Waals surface area (Å²) < 4.78 is 0. The highest BCUT2D eigenvalue weighted by molar-refractivity contribution is 5.90. The Kier molecular flexibility index (Phi) is 3.31. The maximum absolute atomic E-state index is 5.69. The zero-order valence-electron chi connectivity index (χ0n) is 9.35. The van der Waals surface area contributed by atoms with Crippen LogP contribution < -0.4 is 11.1 Å². The van der Waals surface area contributed by atoms with Gasteiger partial charge >= 0.3 is 0 Å². The Morgan fingerprint density at radius 3 is 3.00 bits per heavy atom. The minimum absolute atomic E-state index is 0.204. The molecular weight excluding hydrogens is 200 g/mol. The molecule has 0 amide bonds. The van der Waals surface area contributed by atoms with Crippen molar-refractivity contribution in [1.82, 2.24) is 10.2 Å². The van der Waals surface area contributed by atoms with E-state index in [9.17, 15) is 0 Å². The maximum atomic E-state index is 5.69. The average molecular weight is 216 g/mol. The SMILES string of the molecule is CC(N)CCNc1nncc2ccccc12. The Balaban J connectivity index is 2.17. The van der Waals surface area contributed by atoms with E-state index in [1.165, 1.54) is 0 Å². The Bertz CT molecular complexity index is 462. The summed E-state index contributed by atoms with van der Waals surface area (Å²) in [6, 6.07) is 8.27. The van der Waals surface area contributed by atoms with E-state index in [1.54, 1.807) is 6.20 Å². The maximum Gasteiger partial charge on any atom is 0.156 e. The van der Waals surface area contributed by atoms with E-state index in [0.29, 0.717) is 0 Å². The van der Waals surface area contributed by atoms with Gasteiger partial charge in [0.25, 0.3) is 0 Å². The van der Waals surface area contributed by atoms with Crippen LogP contribution in [-0.4, -0.2) is 22.8 Å². The molecule has 0 aliphatic carbocycles. The lowest BCUT2D eigenvalue weighted by atomic mass is 10.2. The lowest BCUT2D eigenvalue weighted by molar-refractivity contribution is 0.689. The van der Waals surface area contributed by atoms with E-state index in [-0.39, 0.29) is 6.04 Å². The summed E-state index contributed by atoms with van der Waals surface area (Å²) >= 11 is 0. The van der Waals surface area contributed by atoms with Crippen molar-refractivity contribution in [3.05, 3.63) is 30.5 Å². The number of nitrogens with zero attached hydrogens (tertiary/aromatic N) is 2. The number of nitrogens with two attached hydrogens (primary N) is 1. The first-order chi connectivity index (χ1) is 7.77. The van der Waals surface area contributed by atoms with Crippen LogP contribution in [-0.2, 0) is 0 Å². The molecule has 0 saturated heterocycles. The van der Waals surface area contributed by atoms with Crippen LogP contribution in [0.3, 0.4) is 0 Å². The first-order valence-electron chi connectivity index (χ1n) is 5.47. The van der Waals surface area contributed by atoms with Gasteiger partial charge in [-0.1, -0.05) is 24.3 Å². The Hall–Kier alpha value is -1.68. The third-order valence-corrected chi connectivity index (χ3v) is 2.46. The Morgan fingerprint density at radius 2 is 2.19 bits per heavy atom. The summed E-state index contributed by atoms with van der Waals surface area (Å²) in [6.45, 7) is 2.82. The molecule has 0 radical (unpaired) electrons. The number of rotatable bonds is 4. The number of hydrogen-bond acceptors (Lipinski definition) is 4. The van der Waals surface area contributed by atoms with Crippen LogP contribution in [0.15, 0.2) is 30.5 Å². The van der Waals surface area contributed by atoms with E-state index in [2.05, 4.69) is 15.5 Å². The summed E-state index contributed by atoms with van der Waals surface area (Å²) in [6.07, 6.45) is 2.69. The van der Waals surface area contributed by atoms with Crippen molar-refractivity contribution in [3.8, 4) is 0 Å². The van der Waals surface area contributed by atoms with Gasteiger partial charge in [-0.3, -0.25) is 0 Å². The van der Waals surface area contributed by atoms with Gasteiger partial charge in [0.1, 0.15) is 0 Å². The molecule has 2 aromatic rings. The summed E-state index contributed by atoms with van der Waals surface area (Å²) in [5.74, 6) is 0.832. The van der Waals surface area contributed by atoms with Crippen LogP contribution >= 0.6 is 0 Å². The van der Waals surface area contributed by atoms with Crippen molar-refractivity contribution in [2.45, 2.75) is 19.4 Å². The molecule has 1 unspecified atom stereocenters. The van der Waals surface area contributed by atoms with Crippen molar-refractivity contribution in [3.63, 3.8) is 0 Å². The van der Waals surface area contributed by atoms with Gasteiger partial charge < -0.3 is 11.1 Å². The number of anilines is 1. The van der Waals surface area contributed by atoms with Crippen LogP contribution in [0.2, 0.25) is 0 Å². The molecule has 16 heavy (non-hydrogen) atoms. The van der Waals surface area contributed by atoms with Crippen molar-refractivity contribution in [1.29, 1.82) is 0 Å². The molecule has 84 valence electrons. The lowest BCUT2D eigenvalue weighted by Crippen LogP contribution is -2.19. The summed E-state index contributed by atoms with van der Waals surface area (Å²) in [7, 11) is 0. The number of aromatic nitrogens is 2. The molecule has 0 spiro atoms. The van der Waals surface area contributed by atoms with E-state index >= 15 is 0 Å². The van der Waals surface area contributed by atoms with E-state index < -0.39 is 0 Å². The molecule has 0 bridgehead atoms. The fourth-order valence-corrected chi connectivity index (χ4v) is 1.58. The molecule has 0 aliphatic rings. The molecular formula is C12H16N4. The van der Waals surface area contributed by atoms with Gasteiger partial charge in [-0.05, 0) is 13.3 Å². The van der Waals surface area contributed by atoms with Gasteiger partial charge in [-0.15, -0.1) is 5.10 Å². The predicted octanol–water partition coefficient (Wildman–Crippen LogP) is 1.78. The summed E-state index contributed by atoms with van der Waals surface area (Å²) in [4.78, 5) is 0. The second kappa shape index (κ2) is 4.90. The second-order valence-corrected chi connectivity index (χ2v) is 3.97. The number of benzene rings is 1. The van der Waals surface area contributed by atoms with Crippen LogP contribution in [0.5, 0.6) is 0 Å². The average Bonchev–Trinajstić information content (AvgIpc) is 2.29. The van der Waals surface area contributed by atoms with Crippen molar-refractivity contribution < 1.29 is 0 Å². The number of fused-ring (bicyclic) bond motifs is 1. The molecule has 0 fully saturated rings. The van der Waals surface area contributed by atoms with Gasteiger partial charge in [0, 0.05) is 23.4 Å². The molecule has 0 aliphatic heterocycles. The van der Waals surface area contributed by atoms with E-state index in [4.69, 9.17) is 5.73 Å². The molecule has 4 nitrogen and oxygen atoms in total. The standard InChI is InChI=1S/C12H16N4/c1-9(13)6-7-14-12-11-5-3-2-4-10(11)8-15-16-12/h2-5,8-9H,6-7,13H2,1H3,(H,14,16). The molecule has 1 aromatic carbocycles. The Labute approximate surface area is 94.9 Å². The lowest BCUT2D eigenvalue weighted by Gasteiger charge is -2.09. The topological polar surface area (TPSA) is 63.8 Å². The van der Waals surface area contributed by atoms with Crippen LogP contribution in [0, 0.1) is 0 Å². The normalized spacial score (nSPS) is 12.6. The minimum atomic E-state index is 0.204. The zero-order valence-corrected chi connectivity index (χ0v) is 9.35. The summed E-state index contributed by atoms with van der Waals surface area (Å²) in [5, 5.41) is 13.5. The molecule has 1 aromatic heterocycles. The number of hydrogen-bond donors (Lipinski definition) is 2. The molecule has 4 heteroatoms. The van der Waals surface area contributed by atoms with Crippen LogP contribution in [0.25, 0.3) is 10.8 Å². The van der Waals surface area contributed by atoms with E-state index in [0.717, 1.165) is 29.6 Å². The smallest absolute Gasteiger partial charge is 0.156 e. The summed E-state index contributed by atoms with van der Waals surface area (Å²) in [5.41, 5.74) is 5.69. The highest BCUT2D eigenvalue weighted by atomic mass is 15.2. The molecule has 2 rings (SSSR count). The molecule has 1 heterocycles. The van der Waals surface area contributed by atoms with Crippen molar-refractivity contribution in [2.75, 3.05) is 11.9 Å². The van der Waals surface area contributed by atoms with Gasteiger partial charge in [0.15, 0.2) is 5.82 Å². The monoisotopic (exact) mass is 216 g/mol. The molecule has 1 atom stereocenters. The predicted molar refractivity (Wildman–Crippen MR) is 66.3 cm³/mol. The van der Waals surface area contributed by atoms with Gasteiger partial charge in [0.2, 0.25) is 0 Å².